The lowest BCUT2D eigenvalue weighted by Crippen LogP contribution is -2.45. The van der Waals surface area contributed by atoms with Gasteiger partial charge in [0.25, 0.3) is 0 Å². The van der Waals surface area contributed by atoms with Gasteiger partial charge in [-0.05, 0) is 77.0 Å². The second-order valence-electron chi connectivity index (χ2n) is 13.9. The van der Waals surface area contributed by atoms with Crippen molar-refractivity contribution in [1.29, 1.82) is 0 Å². The lowest BCUT2D eigenvalue weighted by atomic mass is 10.1. The largest absolute Gasteiger partial charge is 0.472 e. The quantitative estimate of drug-likeness (QED) is 0.0268. The highest BCUT2D eigenvalue weighted by Gasteiger charge is 2.27. The highest BCUT2D eigenvalue weighted by atomic mass is 31.2. The fourth-order valence-electron chi connectivity index (χ4n) is 4.77. The van der Waals surface area contributed by atoms with Crippen molar-refractivity contribution in [2.75, 3.05) is 40.9 Å². The van der Waals surface area contributed by atoms with Crippen molar-refractivity contribution in [3.63, 3.8) is 0 Å². The first kappa shape index (κ1) is 48.7. The van der Waals surface area contributed by atoms with Crippen LogP contribution in [0.1, 0.15) is 123 Å². The van der Waals surface area contributed by atoms with E-state index < -0.39 is 20.0 Å². The molecule has 0 aliphatic carbocycles. The van der Waals surface area contributed by atoms with Gasteiger partial charge in [-0.2, -0.15) is 0 Å². The number of rotatable bonds is 33. The summed E-state index contributed by atoms with van der Waals surface area (Å²) in [6, 6.07) is -0.879. The van der Waals surface area contributed by atoms with Gasteiger partial charge in [0.2, 0.25) is 5.91 Å². The van der Waals surface area contributed by atoms with Crippen LogP contribution >= 0.6 is 7.82 Å². The number of unbranched alkanes of at least 4 members (excludes halogenated alkanes) is 8. The Bertz CT molecular complexity index is 1100. The number of likely N-dealkylation sites (N-methyl/N-ethyl adjacent to an activating group) is 1. The van der Waals surface area contributed by atoms with Crippen molar-refractivity contribution in [2.45, 2.75) is 135 Å². The smallest absolute Gasteiger partial charge is 0.387 e. The van der Waals surface area contributed by atoms with E-state index in [-0.39, 0.29) is 19.1 Å². The van der Waals surface area contributed by atoms with Crippen LogP contribution in [0.15, 0.2) is 85.1 Å². The number of amides is 1. The van der Waals surface area contributed by atoms with Gasteiger partial charge in [0.1, 0.15) is 13.2 Å². The Morgan fingerprint density at radius 2 is 1.14 bits per heavy atom. The minimum absolute atomic E-state index is 0.0452. The van der Waals surface area contributed by atoms with E-state index in [9.17, 15) is 19.4 Å². The standard InChI is InChI=1S/C42H73N2O6P/c1-6-8-10-12-14-16-18-19-20-21-22-23-24-25-26-28-30-32-34-36-42(46)43-40(39-50-51(47,48)49-38-37-44(3,4)5)41(45)35-33-31-29-27-17-15-13-11-9-7-2/h8-11,14,16-17,19-20,22-23,27,33,35,40-41,45H,6-7,12-13,15,18,21,24-26,28-32,34,36-39H2,1-5H3,(H-,43,46,47,48)/p+1/b10-8-,11-9+,16-14-,20-19-,23-22-,27-17+,35-33+. The fraction of sp³-hybridized carbons (Fsp3) is 0.643. The zero-order valence-electron chi connectivity index (χ0n) is 32.8. The molecule has 0 aliphatic rings. The number of allylic oxidation sites excluding steroid dienone is 13. The van der Waals surface area contributed by atoms with Crippen molar-refractivity contribution >= 4 is 13.7 Å². The van der Waals surface area contributed by atoms with E-state index in [1.54, 1.807) is 6.08 Å². The van der Waals surface area contributed by atoms with Crippen molar-refractivity contribution in [2.24, 2.45) is 0 Å². The number of aliphatic hydroxyl groups is 1. The molecule has 3 N–H and O–H groups in total. The normalized spacial score (nSPS) is 15.5. The Morgan fingerprint density at radius 3 is 1.73 bits per heavy atom. The number of hydrogen-bond acceptors (Lipinski definition) is 5. The number of nitrogens with zero attached hydrogens (tertiary/aromatic N) is 1. The fourth-order valence-corrected chi connectivity index (χ4v) is 5.51. The molecule has 0 saturated heterocycles. The Labute approximate surface area is 312 Å². The third-order valence-corrected chi connectivity index (χ3v) is 8.82. The molecule has 0 heterocycles. The summed E-state index contributed by atoms with van der Waals surface area (Å²) in [5.41, 5.74) is 0. The molecule has 0 aromatic rings. The maximum atomic E-state index is 12.8. The Balaban J connectivity index is 4.52. The topological polar surface area (TPSA) is 105 Å². The van der Waals surface area contributed by atoms with Crippen LogP contribution in [0.5, 0.6) is 0 Å². The van der Waals surface area contributed by atoms with Gasteiger partial charge >= 0.3 is 7.82 Å². The Hall–Kier alpha value is -2.32. The van der Waals surface area contributed by atoms with E-state index in [2.05, 4.69) is 92.1 Å². The average molecular weight is 734 g/mol. The Morgan fingerprint density at radius 1 is 0.667 bits per heavy atom. The molecule has 292 valence electrons. The predicted molar refractivity (Wildman–Crippen MR) is 216 cm³/mol. The predicted octanol–water partition coefficient (Wildman–Crippen LogP) is 10.2. The lowest BCUT2D eigenvalue weighted by molar-refractivity contribution is -0.870. The third kappa shape index (κ3) is 35.9. The summed E-state index contributed by atoms with van der Waals surface area (Å²) in [6.45, 7) is 4.49. The molecule has 0 radical (unpaired) electrons. The minimum atomic E-state index is -4.35. The number of phosphoric ester groups is 1. The summed E-state index contributed by atoms with van der Waals surface area (Å²) in [5, 5.41) is 13.7. The van der Waals surface area contributed by atoms with E-state index in [0.717, 1.165) is 89.9 Å². The van der Waals surface area contributed by atoms with E-state index in [4.69, 9.17) is 9.05 Å². The number of nitrogens with one attached hydrogen (secondary N) is 1. The number of aliphatic hydroxyl groups excluding tert-OH is 1. The van der Waals surface area contributed by atoms with Gasteiger partial charge in [0.05, 0.1) is 39.9 Å². The van der Waals surface area contributed by atoms with Crippen LogP contribution in [0.4, 0.5) is 0 Å². The molecule has 51 heavy (non-hydrogen) atoms. The second kappa shape index (κ2) is 33.5. The van der Waals surface area contributed by atoms with Gasteiger partial charge < -0.3 is 19.8 Å². The van der Waals surface area contributed by atoms with Crippen molar-refractivity contribution in [3.8, 4) is 0 Å². The first-order valence-corrected chi connectivity index (χ1v) is 21.0. The summed E-state index contributed by atoms with van der Waals surface area (Å²) in [6.07, 6.45) is 45.2. The summed E-state index contributed by atoms with van der Waals surface area (Å²) in [7, 11) is 1.51. The maximum absolute atomic E-state index is 12.8. The second-order valence-corrected chi connectivity index (χ2v) is 15.3. The molecule has 3 unspecified atom stereocenters. The molecule has 0 bridgehead atoms. The van der Waals surface area contributed by atoms with Crippen LogP contribution in [0.25, 0.3) is 0 Å². The van der Waals surface area contributed by atoms with Crippen molar-refractivity contribution in [3.05, 3.63) is 85.1 Å². The molecule has 8 nitrogen and oxygen atoms in total. The summed E-state index contributed by atoms with van der Waals surface area (Å²) >= 11 is 0. The average Bonchev–Trinajstić information content (AvgIpc) is 3.07. The molecule has 0 fully saturated rings. The van der Waals surface area contributed by atoms with E-state index in [1.165, 1.54) is 12.8 Å². The van der Waals surface area contributed by atoms with Crippen LogP contribution in [0, 0.1) is 0 Å². The maximum Gasteiger partial charge on any atom is 0.472 e. The molecule has 1 amide bonds. The SMILES string of the molecule is CC/C=C\C/C=C\C/C=C\C/C=C\CCCCCCCCC(=O)NC(COP(=O)(O)OCC[N+](C)(C)C)C(O)/C=C/CC/C=C/CC/C=C/CC. The molecule has 0 rings (SSSR count). The van der Waals surface area contributed by atoms with E-state index in [1.807, 2.05) is 27.2 Å². The minimum Gasteiger partial charge on any atom is -0.387 e. The van der Waals surface area contributed by atoms with Crippen LogP contribution in [-0.2, 0) is 18.4 Å². The number of carbonyl (C=O) groups is 1. The van der Waals surface area contributed by atoms with Crippen LogP contribution in [0.3, 0.4) is 0 Å². The number of hydrogen-bond donors (Lipinski definition) is 3. The zero-order valence-corrected chi connectivity index (χ0v) is 33.7. The molecule has 9 heteroatoms. The third-order valence-electron chi connectivity index (χ3n) is 7.84. The van der Waals surface area contributed by atoms with Gasteiger partial charge in [-0.25, -0.2) is 4.57 Å². The highest BCUT2D eigenvalue weighted by molar-refractivity contribution is 7.47. The Kier molecular flexibility index (Phi) is 32.0. The van der Waals surface area contributed by atoms with Gasteiger partial charge in [-0.3, -0.25) is 13.8 Å². The first-order valence-electron chi connectivity index (χ1n) is 19.5. The monoisotopic (exact) mass is 734 g/mol. The van der Waals surface area contributed by atoms with Gasteiger partial charge in [0.15, 0.2) is 0 Å². The van der Waals surface area contributed by atoms with Crippen molar-refractivity contribution in [1.82, 2.24) is 5.32 Å². The summed E-state index contributed by atoms with van der Waals surface area (Å²) < 4.78 is 23.4. The van der Waals surface area contributed by atoms with Gasteiger partial charge in [0, 0.05) is 6.42 Å². The highest BCUT2D eigenvalue weighted by Crippen LogP contribution is 2.43. The van der Waals surface area contributed by atoms with Crippen LogP contribution in [-0.4, -0.2) is 73.4 Å². The molecule has 3 atom stereocenters. The molecular formula is C42H74N2O6P+. The number of carbonyl (C=O) groups excluding carboxylic acids is 1. The molecular weight excluding hydrogens is 659 g/mol. The van der Waals surface area contributed by atoms with Gasteiger partial charge in [-0.15, -0.1) is 0 Å². The van der Waals surface area contributed by atoms with Crippen molar-refractivity contribution < 1.29 is 32.9 Å². The summed E-state index contributed by atoms with van der Waals surface area (Å²) in [5.74, 6) is -0.214. The van der Waals surface area contributed by atoms with Crippen LogP contribution in [0.2, 0.25) is 0 Å². The zero-order chi connectivity index (χ0) is 37.9. The van der Waals surface area contributed by atoms with Crippen LogP contribution < -0.4 is 5.32 Å². The van der Waals surface area contributed by atoms with E-state index >= 15 is 0 Å². The molecule has 0 aromatic heterocycles. The molecule has 0 aromatic carbocycles. The number of phosphoric acid groups is 1. The molecule has 0 aliphatic heterocycles. The molecule has 0 saturated carbocycles. The molecule has 0 spiro atoms. The van der Waals surface area contributed by atoms with Gasteiger partial charge in [-0.1, -0.05) is 125 Å². The lowest BCUT2D eigenvalue weighted by Gasteiger charge is -2.25. The van der Waals surface area contributed by atoms with E-state index in [0.29, 0.717) is 17.4 Å². The number of quaternary nitrogens is 1. The first-order chi connectivity index (χ1) is 24.5. The summed E-state index contributed by atoms with van der Waals surface area (Å²) in [4.78, 5) is 23.0.